The van der Waals surface area contributed by atoms with Crippen molar-refractivity contribution in [3.8, 4) is 5.75 Å². The standard InChI is InChI=1S/C21H26N2O6S2/c1-14(2)22-31(26,27)19-12-15(8-9-17(19)28-3)21(25)29-13-20(24)23-10-4-6-16(23)18-7-5-11-30-18/h5,7-9,11-12,14,16,22H,4,6,10,13H2,1-3H3. The molecule has 2 aromatic rings. The number of carbonyl (C=O) groups excluding carboxylic acids is 2. The number of sulfonamides is 1. The summed E-state index contributed by atoms with van der Waals surface area (Å²) in [4.78, 5) is 27.9. The number of rotatable bonds is 8. The van der Waals surface area contributed by atoms with E-state index in [1.165, 1.54) is 25.3 Å². The van der Waals surface area contributed by atoms with Crippen LogP contribution in [-0.4, -0.2) is 51.5 Å². The van der Waals surface area contributed by atoms with Crippen LogP contribution in [-0.2, 0) is 19.6 Å². The summed E-state index contributed by atoms with van der Waals surface area (Å²) in [5.74, 6) is -0.937. The highest BCUT2D eigenvalue weighted by atomic mass is 32.2. The number of thiophene rings is 1. The number of benzene rings is 1. The average Bonchev–Trinajstić information content (AvgIpc) is 3.41. The van der Waals surface area contributed by atoms with E-state index in [1.807, 2.05) is 17.5 Å². The molecule has 10 heteroatoms. The molecule has 0 radical (unpaired) electrons. The minimum Gasteiger partial charge on any atom is -0.495 e. The smallest absolute Gasteiger partial charge is 0.338 e. The van der Waals surface area contributed by atoms with Crippen LogP contribution in [0.1, 0.15) is 48.0 Å². The molecule has 3 rings (SSSR count). The Hall–Kier alpha value is -2.43. The average molecular weight is 467 g/mol. The van der Waals surface area contributed by atoms with Gasteiger partial charge in [-0.15, -0.1) is 11.3 Å². The summed E-state index contributed by atoms with van der Waals surface area (Å²) in [5.41, 5.74) is 0.0222. The highest BCUT2D eigenvalue weighted by Gasteiger charge is 2.31. The zero-order valence-electron chi connectivity index (χ0n) is 17.7. The molecule has 1 atom stereocenters. The van der Waals surface area contributed by atoms with Crippen molar-refractivity contribution in [2.24, 2.45) is 0 Å². The first-order chi connectivity index (χ1) is 14.7. The molecule has 1 aromatic carbocycles. The molecule has 1 amide bonds. The van der Waals surface area contributed by atoms with Gasteiger partial charge in [-0.25, -0.2) is 17.9 Å². The molecule has 168 valence electrons. The number of hydrogen-bond donors (Lipinski definition) is 1. The van der Waals surface area contributed by atoms with E-state index in [0.717, 1.165) is 17.7 Å². The number of carbonyl (C=O) groups is 2. The van der Waals surface area contributed by atoms with Crippen LogP contribution in [0.2, 0.25) is 0 Å². The molecular formula is C21H26N2O6S2. The lowest BCUT2D eigenvalue weighted by atomic mass is 10.2. The number of nitrogens with one attached hydrogen (secondary N) is 1. The zero-order valence-corrected chi connectivity index (χ0v) is 19.3. The highest BCUT2D eigenvalue weighted by molar-refractivity contribution is 7.89. The van der Waals surface area contributed by atoms with Gasteiger partial charge in [-0.2, -0.15) is 0 Å². The van der Waals surface area contributed by atoms with Crippen molar-refractivity contribution in [2.75, 3.05) is 20.3 Å². The van der Waals surface area contributed by atoms with Crippen LogP contribution in [0.4, 0.5) is 0 Å². The summed E-state index contributed by atoms with van der Waals surface area (Å²) in [7, 11) is -2.54. The molecule has 1 aliphatic heterocycles. The van der Waals surface area contributed by atoms with Gasteiger partial charge in [0.05, 0.1) is 18.7 Å². The Bertz CT molecular complexity index is 1030. The lowest BCUT2D eigenvalue weighted by Crippen LogP contribution is -2.34. The summed E-state index contributed by atoms with van der Waals surface area (Å²) in [6, 6.07) is 7.61. The Balaban J connectivity index is 1.70. The molecule has 1 saturated heterocycles. The van der Waals surface area contributed by atoms with E-state index < -0.39 is 22.6 Å². The number of methoxy groups -OCH3 is 1. The minimum atomic E-state index is -3.89. The molecule has 0 aliphatic carbocycles. The van der Waals surface area contributed by atoms with Gasteiger partial charge in [0.1, 0.15) is 10.6 Å². The van der Waals surface area contributed by atoms with Gasteiger partial charge in [0.25, 0.3) is 5.91 Å². The van der Waals surface area contributed by atoms with Gasteiger partial charge in [0.15, 0.2) is 6.61 Å². The number of hydrogen-bond acceptors (Lipinski definition) is 7. The number of nitrogens with zero attached hydrogens (tertiary/aromatic N) is 1. The quantitative estimate of drug-likeness (QED) is 0.600. The van der Waals surface area contributed by atoms with Crippen LogP contribution in [0.5, 0.6) is 5.75 Å². The van der Waals surface area contributed by atoms with Gasteiger partial charge in [-0.3, -0.25) is 4.79 Å². The summed E-state index contributed by atoms with van der Waals surface area (Å²) in [5, 5.41) is 1.97. The van der Waals surface area contributed by atoms with E-state index in [4.69, 9.17) is 9.47 Å². The zero-order chi connectivity index (χ0) is 22.6. The maximum absolute atomic E-state index is 12.7. The number of amides is 1. The second-order valence-electron chi connectivity index (χ2n) is 7.48. The summed E-state index contributed by atoms with van der Waals surface area (Å²) < 4.78 is 38.0. The lowest BCUT2D eigenvalue weighted by molar-refractivity contribution is -0.135. The van der Waals surface area contributed by atoms with Crippen LogP contribution < -0.4 is 9.46 Å². The third-order valence-corrected chi connectivity index (χ3v) is 7.50. The van der Waals surface area contributed by atoms with Gasteiger partial charge in [-0.1, -0.05) is 6.07 Å². The highest BCUT2D eigenvalue weighted by Crippen LogP contribution is 2.34. The van der Waals surface area contributed by atoms with Gasteiger partial charge in [-0.05, 0) is 56.3 Å². The van der Waals surface area contributed by atoms with Crippen molar-refractivity contribution < 1.29 is 27.5 Å². The van der Waals surface area contributed by atoms with Crippen molar-refractivity contribution in [3.63, 3.8) is 0 Å². The van der Waals surface area contributed by atoms with Gasteiger partial charge in [0.2, 0.25) is 10.0 Å². The Morgan fingerprint density at radius 1 is 1.29 bits per heavy atom. The number of ether oxygens (including phenoxy) is 2. The Morgan fingerprint density at radius 2 is 2.06 bits per heavy atom. The topological polar surface area (TPSA) is 102 Å². The Morgan fingerprint density at radius 3 is 2.71 bits per heavy atom. The maximum atomic E-state index is 12.7. The van der Waals surface area contributed by atoms with Crippen molar-refractivity contribution in [1.82, 2.24) is 9.62 Å². The largest absolute Gasteiger partial charge is 0.495 e. The van der Waals surface area contributed by atoms with Gasteiger partial charge < -0.3 is 14.4 Å². The monoisotopic (exact) mass is 466 g/mol. The Kier molecular flexibility index (Phi) is 7.34. The van der Waals surface area contributed by atoms with E-state index >= 15 is 0 Å². The van der Waals surface area contributed by atoms with Crippen molar-refractivity contribution in [1.29, 1.82) is 0 Å². The molecule has 0 saturated carbocycles. The van der Waals surface area contributed by atoms with Crippen LogP contribution in [0.25, 0.3) is 0 Å². The molecular weight excluding hydrogens is 440 g/mol. The number of esters is 1. The van der Waals surface area contributed by atoms with Crippen molar-refractivity contribution in [3.05, 3.63) is 46.2 Å². The van der Waals surface area contributed by atoms with Crippen LogP contribution in [0.15, 0.2) is 40.6 Å². The molecule has 0 bridgehead atoms. The predicted molar refractivity (Wildman–Crippen MR) is 117 cm³/mol. The summed E-state index contributed by atoms with van der Waals surface area (Å²) in [6.07, 6.45) is 1.77. The van der Waals surface area contributed by atoms with E-state index in [-0.39, 0.29) is 34.2 Å². The molecule has 0 spiro atoms. The fraction of sp³-hybridized carbons (Fsp3) is 0.429. The number of likely N-dealkylation sites (tertiary alicyclic amines) is 1. The lowest BCUT2D eigenvalue weighted by Gasteiger charge is -2.23. The van der Waals surface area contributed by atoms with E-state index in [0.29, 0.717) is 6.54 Å². The molecule has 1 N–H and O–H groups in total. The molecule has 1 unspecified atom stereocenters. The summed E-state index contributed by atoms with van der Waals surface area (Å²) in [6.45, 7) is 3.59. The fourth-order valence-corrected chi connectivity index (χ4v) is 5.84. The normalized spacial score (nSPS) is 16.5. The fourth-order valence-electron chi connectivity index (χ4n) is 3.52. The SMILES string of the molecule is COc1ccc(C(=O)OCC(=O)N2CCCC2c2cccs2)cc1S(=O)(=O)NC(C)C. The molecule has 8 nitrogen and oxygen atoms in total. The van der Waals surface area contributed by atoms with E-state index in [1.54, 1.807) is 30.1 Å². The Labute approximate surface area is 186 Å². The predicted octanol–water partition coefficient (Wildman–Crippen LogP) is 2.96. The molecule has 1 aromatic heterocycles. The van der Waals surface area contributed by atoms with E-state index in [9.17, 15) is 18.0 Å². The maximum Gasteiger partial charge on any atom is 0.338 e. The molecule has 31 heavy (non-hydrogen) atoms. The molecule has 2 heterocycles. The van der Waals surface area contributed by atoms with Gasteiger partial charge >= 0.3 is 5.97 Å². The van der Waals surface area contributed by atoms with E-state index in [2.05, 4.69) is 4.72 Å². The van der Waals surface area contributed by atoms with Crippen molar-refractivity contribution in [2.45, 2.75) is 43.7 Å². The second kappa shape index (κ2) is 9.80. The molecule has 1 fully saturated rings. The van der Waals surface area contributed by atoms with Crippen molar-refractivity contribution >= 4 is 33.2 Å². The van der Waals surface area contributed by atoms with Crippen LogP contribution >= 0.6 is 11.3 Å². The minimum absolute atomic E-state index is 0.00559. The summed E-state index contributed by atoms with van der Waals surface area (Å²) >= 11 is 1.60. The van der Waals surface area contributed by atoms with Crippen LogP contribution in [0.3, 0.4) is 0 Å². The first kappa shape index (κ1) is 23.2. The molecule has 1 aliphatic rings. The van der Waals surface area contributed by atoms with Crippen LogP contribution in [0, 0.1) is 0 Å². The first-order valence-electron chi connectivity index (χ1n) is 9.93. The second-order valence-corrected chi connectivity index (χ2v) is 10.1. The third-order valence-electron chi connectivity index (χ3n) is 4.85. The van der Waals surface area contributed by atoms with Gasteiger partial charge in [0, 0.05) is 17.5 Å². The first-order valence-corrected chi connectivity index (χ1v) is 12.3. The third kappa shape index (κ3) is 5.44.